The molecular weight excluding hydrogens is 452 g/mol. The van der Waals surface area contributed by atoms with Crippen LogP contribution < -0.4 is 15.0 Å². The summed E-state index contributed by atoms with van der Waals surface area (Å²) >= 11 is 3.14. The molecule has 1 aliphatic heterocycles. The third kappa shape index (κ3) is 4.04. The van der Waals surface area contributed by atoms with Crippen molar-refractivity contribution in [2.75, 3.05) is 12.4 Å². The van der Waals surface area contributed by atoms with E-state index < -0.39 is 0 Å². The van der Waals surface area contributed by atoms with Crippen LogP contribution in [0.3, 0.4) is 0 Å². The second-order valence-electron chi connectivity index (χ2n) is 8.28. The molecule has 0 radical (unpaired) electrons. The normalized spacial score (nSPS) is 15.2. The highest BCUT2D eigenvalue weighted by molar-refractivity contribution is 7.99. The van der Waals surface area contributed by atoms with E-state index in [4.69, 9.17) is 14.5 Å². The minimum atomic E-state index is -0.123. The molecule has 0 N–H and O–H groups in total. The zero-order chi connectivity index (χ0) is 23.1. The summed E-state index contributed by atoms with van der Waals surface area (Å²) in [4.78, 5) is 20.8. The largest absolute Gasteiger partial charge is 0.486 e. The quantitative estimate of drug-likeness (QED) is 0.265. The number of thioether (sulfide) groups is 1. The zero-order valence-corrected chi connectivity index (χ0v) is 20.8. The summed E-state index contributed by atoms with van der Waals surface area (Å²) in [5.74, 6) is 2.15. The highest BCUT2D eigenvalue weighted by atomic mass is 32.2. The number of fused-ring (bicyclic) bond motifs is 2. The Balaban J connectivity index is 1.56. The number of thiophene rings is 1. The van der Waals surface area contributed by atoms with E-state index in [9.17, 15) is 4.79 Å². The van der Waals surface area contributed by atoms with Crippen LogP contribution in [0.25, 0.3) is 15.9 Å². The highest BCUT2D eigenvalue weighted by Gasteiger charge is 2.24. The van der Waals surface area contributed by atoms with Gasteiger partial charge in [0.2, 0.25) is 0 Å². The number of aryl methyl sites for hydroxylation is 4. The molecule has 0 fully saturated rings. The first-order valence-corrected chi connectivity index (χ1v) is 12.9. The molecule has 1 aliphatic rings. The number of ether oxygens (including phenoxy) is 2. The predicted molar refractivity (Wildman–Crippen MR) is 136 cm³/mol. The van der Waals surface area contributed by atoms with Gasteiger partial charge in [-0.2, -0.15) is 0 Å². The van der Waals surface area contributed by atoms with Crippen molar-refractivity contribution in [2.24, 2.45) is 0 Å². The molecule has 0 spiro atoms. The summed E-state index contributed by atoms with van der Waals surface area (Å²) < 4.78 is 13.8. The molecule has 2 aromatic heterocycles. The molecule has 170 valence electrons. The van der Waals surface area contributed by atoms with Crippen molar-refractivity contribution in [3.8, 4) is 17.2 Å². The van der Waals surface area contributed by atoms with Gasteiger partial charge >= 0.3 is 0 Å². The van der Waals surface area contributed by atoms with Crippen LogP contribution in [-0.4, -0.2) is 28.0 Å². The molecule has 0 saturated heterocycles. The molecule has 4 aromatic rings. The summed E-state index contributed by atoms with van der Waals surface area (Å²) in [5.41, 5.74) is 4.28. The SMILES string of the molecule is CCc1c(C)sc2nc(SCC3COc4ccccc4O3)n(-c3ccc(C)c(C)c3)c(=O)c12. The first-order chi connectivity index (χ1) is 16.0. The minimum Gasteiger partial charge on any atom is -0.486 e. The third-order valence-corrected chi connectivity index (χ3v) is 8.18. The van der Waals surface area contributed by atoms with Crippen molar-refractivity contribution in [3.05, 3.63) is 74.4 Å². The summed E-state index contributed by atoms with van der Waals surface area (Å²) in [5, 5.41) is 1.43. The number of hydrogen-bond acceptors (Lipinski definition) is 6. The maximum Gasteiger partial charge on any atom is 0.267 e. The Morgan fingerprint density at radius 2 is 1.91 bits per heavy atom. The fraction of sp³-hybridized carbons (Fsp3) is 0.308. The minimum absolute atomic E-state index is 0.00175. The van der Waals surface area contributed by atoms with Crippen LogP contribution in [0.2, 0.25) is 0 Å². The van der Waals surface area contributed by atoms with E-state index in [2.05, 4.69) is 39.8 Å². The Kier molecular flexibility index (Phi) is 5.93. The van der Waals surface area contributed by atoms with Gasteiger partial charge in [-0.15, -0.1) is 11.3 Å². The van der Waals surface area contributed by atoms with E-state index in [-0.39, 0.29) is 11.7 Å². The van der Waals surface area contributed by atoms with Crippen molar-refractivity contribution >= 4 is 33.3 Å². The predicted octanol–water partition coefficient (Wildman–Crippen LogP) is 5.87. The van der Waals surface area contributed by atoms with Gasteiger partial charge in [-0.3, -0.25) is 9.36 Å². The monoisotopic (exact) mass is 478 g/mol. The van der Waals surface area contributed by atoms with Crippen molar-refractivity contribution in [3.63, 3.8) is 0 Å². The Morgan fingerprint density at radius 1 is 1.12 bits per heavy atom. The lowest BCUT2D eigenvalue weighted by atomic mass is 10.1. The van der Waals surface area contributed by atoms with Crippen LogP contribution in [0.4, 0.5) is 0 Å². The average molecular weight is 479 g/mol. The van der Waals surface area contributed by atoms with Crippen molar-refractivity contribution in [1.82, 2.24) is 9.55 Å². The number of para-hydroxylation sites is 2. The van der Waals surface area contributed by atoms with Gasteiger partial charge in [0.15, 0.2) is 16.7 Å². The highest BCUT2D eigenvalue weighted by Crippen LogP contribution is 2.34. The van der Waals surface area contributed by atoms with E-state index in [0.29, 0.717) is 17.5 Å². The first kappa shape index (κ1) is 22.0. The van der Waals surface area contributed by atoms with Crippen LogP contribution in [0.15, 0.2) is 52.4 Å². The number of rotatable bonds is 5. The molecule has 0 aliphatic carbocycles. The van der Waals surface area contributed by atoms with E-state index in [1.54, 1.807) is 15.9 Å². The van der Waals surface area contributed by atoms with Gasteiger partial charge in [0.1, 0.15) is 17.5 Å². The van der Waals surface area contributed by atoms with E-state index in [0.717, 1.165) is 49.8 Å². The summed E-state index contributed by atoms with van der Waals surface area (Å²) in [7, 11) is 0. The zero-order valence-electron chi connectivity index (χ0n) is 19.2. The second kappa shape index (κ2) is 8.88. The number of hydrogen-bond donors (Lipinski definition) is 0. The van der Waals surface area contributed by atoms with Gasteiger partial charge < -0.3 is 9.47 Å². The fourth-order valence-electron chi connectivity index (χ4n) is 4.13. The van der Waals surface area contributed by atoms with Crippen molar-refractivity contribution in [1.29, 1.82) is 0 Å². The van der Waals surface area contributed by atoms with Gasteiger partial charge in [0.25, 0.3) is 5.56 Å². The number of benzene rings is 2. The molecular formula is C26H26N2O3S2. The fourth-order valence-corrected chi connectivity index (χ4v) is 6.26. The average Bonchev–Trinajstić information content (AvgIpc) is 3.14. The Hall–Kier alpha value is -2.77. The van der Waals surface area contributed by atoms with Gasteiger partial charge in [-0.05, 0) is 68.1 Å². The van der Waals surface area contributed by atoms with Gasteiger partial charge in [-0.1, -0.05) is 36.9 Å². The topological polar surface area (TPSA) is 53.4 Å². The Morgan fingerprint density at radius 3 is 2.67 bits per heavy atom. The Labute approximate surface area is 201 Å². The molecule has 0 amide bonds. The lowest BCUT2D eigenvalue weighted by molar-refractivity contribution is 0.107. The van der Waals surface area contributed by atoms with Crippen molar-refractivity contribution < 1.29 is 9.47 Å². The molecule has 33 heavy (non-hydrogen) atoms. The molecule has 1 unspecified atom stereocenters. The lowest BCUT2D eigenvalue weighted by Crippen LogP contribution is -2.31. The molecule has 5 nitrogen and oxygen atoms in total. The van der Waals surface area contributed by atoms with Crippen LogP contribution in [0, 0.1) is 20.8 Å². The van der Waals surface area contributed by atoms with Gasteiger partial charge in [-0.25, -0.2) is 4.98 Å². The molecule has 0 saturated carbocycles. The molecule has 2 aromatic carbocycles. The standard InChI is InChI=1S/C26H26N2O3S2/c1-5-20-17(4)33-24-23(20)25(29)28(18-11-10-15(2)16(3)12-18)26(27-24)32-14-19-13-30-21-8-6-7-9-22(21)31-19/h6-12,19H,5,13-14H2,1-4H3. The van der Waals surface area contributed by atoms with Crippen LogP contribution in [0.5, 0.6) is 11.5 Å². The molecule has 1 atom stereocenters. The molecule has 7 heteroatoms. The van der Waals surface area contributed by atoms with Crippen LogP contribution in [-0.2, 0) is 6.42 Å². The number of nitrogens with zero attached hydrogens (tertiary/aromatic N) is 2. The maximum atomic E-state index is 13.8. The smallest absolute Gasteiger partial charge is 0.267 e. The summed E-state index contributed by atoms with van der Waals surface area (Å²) in [6.45, 7) is 8.78. The molecule has 3 heterocycles. The Bertz CT molecular complexity index is 1410. The second-order valence-corrected chi connectivity index (χ2v) is 10.5. The van der Waals surface area contributed by atoms with Crippen molar-refractivity contribution in [2.45, 2.75) is 45.4 Å². The lowest BCUT2D eigenvalue weighted by Gasteiger charge is -2.26. The summed E-state index contributed by atoms with van der Waals surface area (Å²) in [6.07, 6.45) is 0.691. The molecule has 5 rings (SSSR count). The van der Waals surface area contributed by atoms with E-state index in [1.165, 1.54) is 17.3 Å². The third-order valence-electron chi connectivity index (χ3n) is 6.06. The molecule has 0 bridgehead atoms. The van der Waals surface area contributed by atoms with Crippen LogP contribution in [0.1, 0.15) is 28.5 Å². The maximum absolute atomic E-state index is 13.8. The van der Waals surface area contributed by atoms with Gasteiger partial charge in [0.05, 0.1) is 11.1 Å². The van der Waals surface area contributed by atoms with E-state index >= 15 is 0 Å². The van der Waals surface area contributed by atoms with Gasteiger partial charge in [0, 0.05) is 10.6 Å². The summed E-state index contributed by atoms with van der Waals surface area (Å²) in [6, 6.07) is 13.8. The number of aromatic nitrogens is 2. The van der Waals surface area contributed by atoms with Crippen LogP contribution >= 0.6 is 23.1 Å². The first-order valence-electron chi connectivity index (χ1n) is 11.1. The van der Waals surface area contributed by atoms with E-state index in [1.807, 2.05) is 30.3 Å².